The summed E-state index contributed by atoms with van der Waals surface area (Å²) in [4.78, 5) is 0. The summed E-state index contributed by atoms with van der Waals surface area (Å²) in [6.45, 7) is 7.03. The SMILES string of the molecule is Cc1ccc(OCc2ccc(C(C)C)cc2)c(CCl)c1. The van der Waals surface area contributed by atoms with Crippen LogP contribution < -0.4 is 4.74 Å². The van der Waals surface area contributed by atoms with Crippen LogP contribution in [-0.4, -0.2) is 0 Å². The maximum absolute atomic E-state index is 5.96. The fourth-order valence-electron chi connectivity index (χ4n) is 2.11. The van der Waals surface area contributed by atoms with Gasteiger partial charge in [-0.25, -0.2) is 0 Å². The van der Waals surface area contributed by atoms with Crippen LogP contribution in [0.25, 0.3) is 0 Å². The quantitative estimate of drug-likeness (QED) is 0.666. The zero-order chi connectivity index (χ0) is 14.5. The lowest BCUT2D eigenvalue weighted by molar-refractivity contribution is 0.303. The van der Waals surface area contributed by atoms with Crippen molar-refractivity contribution >= 4 is 11.6 Å². The first kappa shape index (κ1) is 14.9. The summed E-state index contributed by atoms with van der Waals surface area (Å²) in [5, 5.41) is 0. The highest BCUT2D eigenvalue weighted by Gasteiger charge is 2.04. The summed E-state index contributed by atoms with van der Waals surface area (Å²) in [6, 6.07) is 14.7. The minimum Gasteiger partial charge on any atom is -0.489 e. The van der Waals surface area contributed by atoms with E-state index in [4.69, 9.17) is 16.3 Å². The Morgan fingerprint density at radius 2 is 1.75 bits per heavy atom. The fourth-order valence-corrected chi connectivity index (χ4v) is 2.32. The fraction of sp³-hybridized carbons (Fsp3) is 0.333. The molecule has 0 radical (unpaired) electrons. The van der Waals surface area contributed by atoms with Gasteiger partial charge >= 0.3 is 0 Å². The molecular weight excluding hydrogens is 268 g/mol. The van der Waals surface area contributed by atoms with E-state index in [1.54, 1.807) is 0 Å². The molecule has 0 fully saturated rings. The molecule has 0 aliphatic heterocycles. The molecule has 20 heavy (non-hydrogen) atoms. The normalized spacial score (nSPS) is 10.8. The maximum atomic E-state index is 5.96. The zero-order valence-electron chi connectivity index (χ0n) is 12.3. The van der Waals surface area contributed by atoms with Crippen molar-refractivity contribution in [2.24, 2.45) is 0 Å². The van der Waals surface area contributed by atoms with E-state index in [1.807, 2.05) is 12.1 Å². The Morgan fingerprint density at radius 3 is 2.35 bits per heavy atom. The number of hydrogen-bond donors (Lipinski definition) is 0. The molecule has 0 N–H and O–H groups in total. The van der Waals surface area contributed by atoms with E-state index in [9.17, 15) is 0 Å². The molecule has 2 aromatic carbocycles. The van der Waals surface area contributed by atoms with Gasteiger partial charge in [0.25, 0.3) is 0 Å². The van der Waals surface area contributed by atoms with Crippen LogP contribution in [0.2, 0.25) is 0 Å². The first-order chi connectivity index (χ1) is 9.60. The molecule has 2 heteroatoms. The Morgan fingerprint density at radius 1 is 1.05 bits per heavy atom. The Bertz CT molecular complexity index is 558. The highest BCUT2D eigenvalue weighted by molar-refractivity contribution is 6.17. The standard InChI is InChI=1S/C18H21ClO/c1-13(2)16-7-5-15(6-8-16)12-20-18-9-4-14(3)10-17(18)11-19/h4-10,13H,11-12H2,1-3H3. The molecule has 0 saturated heterocycles. The second-order valence-corrected chi connectivity index (χ2v) is 5.70. The molecule has 2 rings (SSSR count). The van der Waals surface area contributed by atoms with E-state index in [2.05, 4.69) is 51.1 Å². The zero-order valence-corrected chi connectivity index (χ0v) is 13.1. The Labute approximate surface area is 126 Å². The number of rotatable bonds is 5. The number of ether oxygens (including phenoxy) is 1. The minimum absolute atomic E-state index is 0.475. The number of halogens is 1. The van der Waals surface area contributed by atoms with Crippen LogP contribution in [0, 0.1) is 6.92 Å². The molecule has 0 amide bonds. The van der Waals surface area contributed by atoms with Gasteiger partial charge in [-0.05, 0) is 30.0 Å². The highest BCUT2D eigenvalue weighted by Crippen LogP contribution is 2.23. The molecule has 0 spiro atoms. The summed E-state index contributed by atoms with van der Waals surface area (Å²) in [6.07, 6.45) is 0. The van der Waals surface area contributed by atoms with Gasteiger partial charge in [0, 0.05) is 5.56 Å². The number of aryl methyl sites for hydroxylation is 1. The summed E-state index contributed by atoms with van der Waals surface area (Å²) in [5.74, 6) is 1.91. The van der Waals surface area contributed by atoms with Crippen LogP contribution in [0.5, 0.6) is 5.75 Å². The Kier molecular flexibility index (Phi) is 5.08. The van der Waals surface area contributed by atoms with Crippen LogP contribution in [0.15, 0.2) is 42.5 Å². The van der Waals surface area contributed by atoms with Crippen molar-refractivity contribution in [2.75, 3.05) is 0 Å². The number of hydrogen-bond acceptors (Lipinski definition) is 1. The predicted molar refractivity (Wildman–Crippen MR) is 85.6 cm³/mol. The molecule has 2 aromatic rings. The van der Waals surface area contributed by atoms with Gasteiger partial charge in [0.1, 0.15) is 12.4 Å². The second-order valence-electron chi connectivity index (χ2n) is 5.43. The van der Waals surface area contributed by atoms with Gasteiger partial charge in [0.05, 0.1) is 5.88 Å². The van der Waals surface area contributed by atoms with E-state index in [0.29, 0.717) is 18.4 Å². The molecule has 0 heterocycles. The van der Waals surface area contributed by atoms with Gasteiger partial charge < -0.3 is 4.74 Å². The topological polar surface area (TPSA) is 9.23 Å². The van der Waals surface area contributed by atoms with Crippen molar-refractivity contribution in [3.63, 3.8) is 0 Å². The molecule has 106 valence electrons. The summed E-state index contributed by atoms with van der Waals surface area (Å²) >= 11 is 5.96. The van der Waals surface area contributed by atoms with E-state index in [-0.39, 0.29) is 0 Å². The van der Waals surface area contributed by atoms with E-state index in [1.165, 1.54) is 16.7 Å². The summed E-state index contributed by atoms with van der Waals surface area (Å²) < 4.78 is 5.88. The predicted octanol–water partition coefficient (Wildman–Crippen LogP) is 5.44. The molecule has 0 saturated carbocycles. The second kappa shape index (κ2) is 6.81. The molecule has 0 aliphatic rings. The summed E-state index contributed by atoms with van der Waals surface area (Å²) in [5.41, 5.74) is 4.78. The lowest BCUT2D eigenvalue weighted by Crippen LogP contribution is -1.99. The number of alkyl halides is 1. The van der Waals surface area contributed by atoms with Crippen LogP contribution in [0.1, 0.15) is 42.0 Å². The van der Waals surface area contributed by atoms with E-state index in [0.717, 1.165) is 11.3 Å². The Balaban J connectivity index is 2.05. The van der Waals surface area contributed by atoms with E-state index >= 15 is 0 Å². The molecule has 0 unspecified atom stereocenters. The van der Waals surface area contributed by atoms with Crippen molar-refractivity contribution in [3.05, 3.63) is 64.7 Å². The molecule has 0 bridgehead atoms. The van der Waals surface area contributed by atoms with Crippen molar-refractivity contribution in [2.45, 2.75) is 39.2 Å². The third kappa shape index (κ3) is 3.77. The lowest BCUT2D eigenvalue weighted by Gasteiger charge is -2.12. The van der Waals surface area contributed by atoms with Crippen molar-refractivity contribution in [3.8, 4) is 5.75 Å². The average molecular weight is 289 g/mol. The van der Waals surface area contributed by atoms with Crippen LogP contribution >= 0.6 is 11.6 Å². The smallest absolute Gasteiger partial charge is 0.124 e. The van der Waals surface area contributed by atoms with Gasteiger partial charge in [-0.2, -0.15) is 0 Å². The monoisotopic (exact) mass is 288 g/mol. The molecule has 0 aliphatic carbocycles. The largest absolute Gasteiger partial charge is 0.489 e. The first-order valence-electron chi connectivity index (χ1n) is 6.97. The van der Waals surface area contributed by atoms with Crippen molar-refractivity contribution < 1.29 is 4.74 Å². The van der Waals surface area contributed by atoms with Crippen molar-refractivity contribution in [1.29, 1.82) is 0 Å². The third-order valence-corrected chi connectivity index (χ3v) is 3.69. The van der Waals surface area contributed by atoms with Gasteiger partial charge in [0.2, 0.25) is 0 Å². The average Bonchev–Trinajstić information content (AvgIpc) is 2.46. The lowest BCUT2D eigenvalue weighted by atomic mass is 10.0. The van der Waals surface area contributed by atoms with Crippen LogP contribution in [0.4, 0.5) is 0 Å². The van der Waals surface area contributed by atoms with Gasteiger partial charge in [-0.3, -0.25) is 0 Å². The van der Waals surface area contributed by atoms with Gasteiger partial charge in [0.15, 0.2) is 0 Å². The van der Waals surface area contributed by atoms with Gasteiger partial charge in [-0.15, -0.1) is 11.6 Å². The van der Waals surface area contributed by atoms with Crippen LogP contribution in [-0.2, 0) is 12.5 Å². The third-order valence-electron chi connectivity index (χ3n) is 3.40. The van der Waals surface area contributed by atoms with Gasteiger partial charge in [-0.1, -0.05) is 55.8 Å². The molecule has 0 aromatic heterocycles. The summed E-state index contributed by atoms with van der Waals surface area (Å²) in [7, 11) is 0. The molecular formula is C18H21ClO. The van der Waals surface area contributed by atoms with Crippen molar-refractivity contribution in [1.82, 2.24) is 0 Å². The van der Waals surface area contributed by atoms with E-state index < -0.39 is 0 Å². The highest BCUT2D eigenvalue weighted by atomic mass is 35.5. The maximum Gasteiger partial charge on any atom is 0.124 e. The molecule has 0 atom stereocenters. The van der Waals surface area contributed by atoms with Crippen LogP contribution in [0.3, 0.4) is 0 Å². The number of benzene rings is 2. The minimum atomic E-state index is 0.475. The Hall–Kier alpha value is -1.47. The first-order valence-corrected chi connectivity index (χ1v) is 7.50. The molecule has 1 nitrogen and oxygen atoms in total.